The molecule has 1 aromatic rings. The molecule has 1 unspecified atom stereocenters. The Balaban J connectivity index is 1.83. The van der Waals surface area contributed by atoms with Crippen molar-refractivity contribution in [2.75, 3.05) is 13.2 Å². The summed E-state index contributed by atoms with van der Waals surface area (Å²) in [5, 5.41) is 3.05. The highest BCUT2D eigenvalue weighted by Gasteiger charge is 2.37. The van der Waals surface area contributed by atoms with Crippen LogP contribution in [0.2, 0.25) is 0 Å². The van der Waals surface area contributed by atoms with Gasteiger partial charge in [0.2, 0.25) is 11.8 Å². The van der Waals surface area contributed by atoms with Gasteiger partial charge in [-0.15, -0.1) is 0 Å². The molecule has 1 saturated carbocycles. The van der Waals surface area contributed by atoms with Crippen LogP contribution in [-0.2, 0) is 19.1 Å². The Kier molecular flexibility index (Phi) is 7.07. The van der Waals surface area contributed by atoms with Crippen molar-refractivity contribution in [1.82, 2.24) is 10.2 Å². The van der Waals surface area contributed by atoms with Gasteiger partial charge in [0.15, 0.2) is 0 Å². The Morgan fingerprint density at radius 3 is 2.48 bits per heavy atom. The normalized spacial score (nSPS) is 20.6. The molecule has 1 fully saturated rings. The van der Waals surface area contributed by atoms with Gasteiger partial charge in [-0.25, -0.2) is 4.79 Å². The van der Waals surface area contributed by atoms with E-state index >= 15 is 0 Å². The van der Waals surface area contributed by atoms with Crippen LogP contribution in [0.15, 0.2) is 41.6 Å². The lowest BCUT2D eigenvalue weighted by Gasteiger charge is -2.34. The Morgan fingerprint density at radius 2 is 1.83 bits per heavy atom. The molecule has 0 saturated heterocycles. The zero-order valence-corrected chi connectivity index (χ0v) is 17.3. The average molecular weight is 399 g/mol. The number of hydrogen-bond acceptors (Lipinski definition) is 4. The fourth-order valence-corrected chi connectivity index (χ4v) is 4.31. The van der Waals surface area contributed by atoms with Crippen LogP contribution in [-0.4, -0.2) is 41.9 Å². The molecule has 6 heteroatoms. The first-order valence-corrected chi connectivity index (χ1v) is 10.5. The average Bonchev–Trinajstić information content (AvgIpc) is 2.72. The molecular formula is C23H30N2O4. The molecule has 29 heavy (non-hydrogen) atoms. The third kappa shape index (κ3) is 5.05. The highest BCUT2D eigenvalue weighted by Crippen LogP contribution is 2.36. The predicted octanol–water partition coefficient (Wildman–Crippen LogP) is 3.29. The van der Waals surface area contributed by atoms with Gasteiger partial charge in [0, 0.05) is 24.1 Å². The molecule has 1 atom stereocenters. The predicted molar refractivity (Wildman–Crippen MR) is 110 cm³/mol. The zero-order valence-electron chi connectivity index (χ0n) is 17.3. The molecule has 2 amide bonds. The third-order valence-electron chi connectivity index (χ3n) is 5.79. The number of ether oxygens (including phenoxy) is 1. The third-order valence-corrected chi connectivity index (χ3v) is 5.79. The Hall–Kier alpha value is -2.63. The maximum absolute atomic E-state index is 12.9. The van der Waals surface area contributed by atoms with Crippen LogP contribution >= 0.6 is 0 Å². The van der Waals surface area contributed by atoms with Gasteiger partial charge in [-0.05, 0) is 32.3 Å². The first kappa shape index (κ1) is 21.1. The minimum Gasteiger partial charge on any atom is -0.463 e. The largest absolute Gasteiger partial charge is 0.463 e. The molecule has 1 aromatic carbocycles. The summed E-state index contributed by atoms with van der Waals surface area (Å²) >= 11 is 0. The topological polar surface area (TPSA) is 75.7 Å². The highest BCUT2D eigenvalue weighted by atomic mass is 16.5. The molecule has 0 aromatic heterocycles. The van der Waals surface area contributed by atoms with E-state index in [0.29, 0.717) is 11.3 Å². The molecule has 0 radical (unpaired) electrons. The number of amides is 2. The number of hydrogen-bond donors (Lipinski definition) is 1. The summed E-state index contributed by atoms with van der Waals surface area (Å²) in [5.41, 5.74) is 1.87. The van der Waals surface area contributed by atoms with Crippen molar-refractivity contribution in [2.45, 2.75) is 64.3 Å². The van der Waals surface area contributed by atoms with E-state index in [2.05, 4.69) is 5.32 Å². The molecular weight excluding hydrogens is 368 g/mol. The van der Waals surface area contributed by atoms with E-state index in [1.807, 2.05) is 30.3 Å². The summed E-state index contributed by atoms with van der Waals surface area (Å²) in [6, 6.07) is 9.69. The minimum atomic E-state index is -0.427. The fourth-order valence-electron chi connectivity index (χ4n) is 4.31. The summed E-state index contributed by atoms with van der Waals surface area (Å²) in [5.74, 6) is -1.11. The Morgan fingerprint density at radius 1 is 1.14 bits per heavy atom. The van der Waals surface area contributed by atoms with Crippen molar-refractivity contribution in [1.29, 1.82) is 0 Å². The maximum Gasteiger partial charge on any atom is 0.336 e. The summed E-state index contributed by atoms with van der Waals surface area (Å²) in [7, 11) is 0. The Bertz CT molecular complexity index is 781. The van der Waals surface area contributed by atoms with Gasteiger partial charge < -0.3 is 15.0 Å². The van der Waals surface area contributed by atoms with E-state index in [1.54, 1.807) is 13.8 Å². The number of nitrogens with zero attached hydrogens (tertiary/aromatic N) is 1. The zero-order chi connectivity index (χ0) is 20.8. The molecule has 2 aliphatic rings. The van der Waals surface area contributed by atoms with Crippen molar-refractivity contribution in [2.24, 2.45) is 0 Å². The molecule has 3 rings (SSSR count). The number of benzene rings is 1. The van der Waals surface area contributed by atoms with Gasteiger partial charge in [0.1, 0.15) is 6.54 Å². The van der Waals surface area contributed by atoms with Crippen LogP contribution in [0.5, 0.6) is 0 Å². The molecule has 0 spiro atoms. The standard InChI is InChI=1S/C23H30N2O4/c1-3-29-23(28)22-16(2)25(15-20(26)24-18-12-8-5-9-13-18)21(27)14-19(22)17-10-6-4-7-11-17/h4,6-7,10-11,18-19H,3,5,8-9,12-15H2,1-2H3,(H,24,26). The number of carbonyl (C=O) groups excluding carboxylic acids is 3. The first-order chi connectivity index (χ1) is 14.0. The van der Waals surface area contributed by atoms with Gasteiger partial charge >= 0.3 is 5.97 Å². The van der Waals surface area contributed by atoms with Crippen molar-refractivity contribution in [3.05, 3.63) is 47.2 Å². The van der Waals surface area contributed by atoms with E-state index in [4.69, 9.17) is 4.74 Å². The van der Waals surface area contributed by atoms with Crippen molar-refractivity contribution < 1.29 is 19.1 Å². The quantitative estimate of drug-likeness (QED) is 0.746. The van der Waals surface area contributed by atoms with E-state index in [1.165, 1.54) is 11.3 Å². The van der Waals surface area contributed by atoms with Crippen LogP contribution in [0, 0.1) is 0 Å². The van der Waals surface area contributed by atoms with Gasteiger partial charge in [-0.3, -0.25) is 9.59 Å². The molecule has 1 aliphatic carbocycles. The van der Waals surface area contributed by atoms with Crippen LogP contribution in [0.1, 0.15) is 63.9 Å². The summed E-state index contributed by atoms with van der Waals surface area (Å²) < 4.78 is 5.28. The molecule has 0 bridgehead atoms. The summed E-state index contributed by atoms with van der Waals surface area (Å²) in [6.07, 6.45) is 5.57. The SMILES string of the molecule is CCOC(=O)C1=C(C)N(CC(=O)NC2CCCCC2)C(=O)CC1c1ccccc1. The van der Waals surface area contributed by atoms with Gasteiger partial charge in [0.05, 0.1) is 12.2 Å². The lowest BCUT2D eigenvalue weighted by Crippen LogP contribution is -2.46. The maximum atomic E-state index is 12.9. The number of esters is 1. The van der Waals surface area contributed by atoms with Crippen molar-refractivity contribution in [3.8, 4) is 0 Å². The fraction of sp³-hybridized carbons (Fsp3) is 0.522. The second kappa shape index (κ2) is 9.72. The number of nitrogens with one attached hydrogen (secondary N) is 1. The van der Waals surface area contributed by atoms with Crippen molar-refractivity contribution >= 4 is 17.8 Å². The molecule has 1 N–H and O–H groups in total. The van der Waals surface area contributed by atoms with E-state index in [-0.39, 0.29) is 43.3 Å². The summed E-state index contributed by atoms with van der Waals surface area (Å²) in [4.78, 5) is 39.6. The highest BCUT2D eigenvalue weighted by molar-refractivity contribution is 5.97. The van der Waals surface area contributed by atoms with E-state index < -0.39 is 5.97 Å². The van der Waals surface area contributed by atoms with E-state index in [9.17, 15) is 14.4 Å². The number of carbonyl (C=O) groups is 3. The lowest BCUT2D eigenvalue weighted by molar-refractivity contribution is -0.141. The summed E-state index contributed by atoms with van der Waals surface area (Å²) in [6.45, 7) is 3.68. The van der Waals surface area contributed by atoms with Gasteiger partial charge in [-0.2, -0.15) is 0 Å². The Labute approximate surface area is 172 Å². The second-order valence-corrected chi connectivity index (χ2v) is 7.77. The second-order valence-electron chi connectivity index (χ2n) is 7.77. The van der Waals surface area contributed by atoms with Crippen LogP contribution in [0.4, 0.5) is 0 Å². The lowest BCUT2D eigenvalue weighted by atomic mass is 9.83. The van der Waals surface area contributed by atoms with Gasteiger partial charge in [-0.1, -0.05) is 49.6 Å². The number of allylic oxidation sites excluding steroid dienone is 1. The van der Waals surface area contributed by atoms with Gasteiger partial charge in [0.25, 0.3) is 0 Å². The first-order valence-electron chi connectivity index (χ1n) is 10.5. The number of rotatable bonds is 6. The molecule has 1 heterocycles. The van der Waals surface area contributed by atoms with Crippen molar-refractivity contribution in [3.63, 3.8) is 0 Å². The molecule has 156 valence electrons. The van der Waals surface area contributed by atoms with Crippen LogP contribution < -0.4 is 5.32 Å². The van der Waals surface area contributed by atoms with Crippen LogP contribution in [0.25, 0.3) is 0 Å². The molecule has 6 nitrogen and oxygen atoms in total. The van der Waals surface area contributed by atoms with Crippen LogP contribution in [0.3, 0.4) is 0 Å². The monoisotopic (exact) mass is 398 g/mol. The molecule has 1 aliphatic heterocycles. The minimum absolute atomic E-state index is 0.0639. The smallest absolute Gasteiger partial charge is 0.336 e. The van der Waals surface area contributed by atoms with E-state index in [0.717, 1.165) is 31.2 Å².